The molecule has 7 nitrogen and oxygen atoms in total. The van der Waals surface area contributed by atoms with Crippen molar-refractivity contribution in [2.75, 3.05) is 5.32 Å². The molecule has 1 aliphatic heterocycles. The van der Waals surface area contributed by atoms with Crippen LogP contribution in [0.2, 0.25) is 0 Å². The molecule has 0 bridgehead atoms. The lowest BCUT2D eigenvalue weighted by molar-refractivity contribution is -0.143. The fraction of sp³-hybridized carbons (Fsp3) is 0.286. The Morgan fingerprint density at radius 3 is 2.53 bits per heavy atom. The second kappa shape index (κ2) is 7.21. The molecule has 32 heavy (non-hydrogen) atoms. The summed E-state index contributed by atoms with van der Waals surface area (Å²) < 4.78 is 67.0. The second-order valence-electron chi connectivity index (χ2n) is 7.61. The molecule has 1 spiro atoms. The molecule has 0 atom stereocenters. The van der Waals surface area contributed by atoms with Crippen molar-refractivity contribution < 1.29 is 31.8 Å². The molecular weight excluding hydrogens is 432 g/mol. The molecule has 2 aliphatic rings. The van der Waals surface area contributed by atoms with Crippen LogP contribution in [0.3, 0.4) is 0 Å². The highest BCUT2D eigenvalue weighted by Crippen LogP contribution is 2.47. The molecule has 0 unspecified atom stereocenters. The highest BCUT2D eigenvalue weighted by Gasteiger charge is 2.44. The van der Waals surface area contributed by atoms with E-state index in [-0.39, 0.29) is 11.4 Å². The first-order chi connectivity index (χ1) is 15.2. The Hall–Kier alpha value is -3.63. The molecule has 5 rings (SSSR count). The van der Waals surface area contributed by atoms with Gasteiger partial charge in [-0.05, 0) is 43.2 Å². The number of aromatic nitrogens is 3. The molecule has 1 fully saturated rings. The average molecular weight is 448 g/mol. The van der Waals surface area contributed by atoms with Gasteiger partial charge < -0.3 is 14.8 Å². The maximum Gasteiger partial charge on any atom is 0.435 e. The number of benzene rings is 2. The number of hydrogen-bond donors (Lipinski definition) is 1. The molecule has 0 radical (unpaired) electrons. The van der Waals surface area contributed by atoms with Gasteiger partial charge in [-0.2, -0.15) is 13.2 Å². The van der Waals surface area contributed by atoms with Gasteiger partial charge >= 0.3 is 6.18 Å². The topological polar surface area (TPSA) is 78.3 Å². The van der Waals surface area contributed by atoms with E-state index in [0.29, 0.717) is 16.2 Å². The van der Waals surface area contributed by atoms with Crippen LogP contribution >= 0.6 is 0 Å². The quantitative estimate of drug-likeness (QED) is 0.587. The van der Waals surface area contributed by atoms with Crippen LogP contribution in [0.1, 0.15) is 41.9 Å². The number of carbonyl (C=O) groups is 1. The number of nitrogens with one attached hydrogen (secondary N) is 1. The molecule has 3 aromatic rings. The Bertz CT molecular complexity index is 1200. The van der Waals surface area contributed by atoms with Crippen molar-refractivity contribution in [3.05, 3.63) is 59.7 Å². The number of anilines is 1. The maximum absolute atomic E-state index is 13.8. The van der Waals surface area contributed by atoms with Crippen LogP contribution in [0.15, 0.2) is 42.5 Å². The fourth-order valence-corrected chi connectivity index (χ4v) is 3.96. The van der Waals surface area contributed by atoms with Gasteiger partial charge in [-0.3, -0.25) is 4.79 Å². The molecule has 1 aromatic heterocycles. The monoisotopic (exact) mass is 448 g/mol. The summed E-state index contributed by atoms with van der Waals surface area (Å²) in [5.41, 5.74) is -2.35. The summed E-state index contributed by atoms with van der Waals surface area (Å²) in [6.45, 7) is 0. The average Bonchev–Trinajstić information content (AvgIpc) is 3.45. The highest BCUT2D eigenvalue weighted by molar-refractivity contribution is 6.04. The zero-order valence-electron chi connectivity index (χ0n) is 16.4. The van der Waals surface area contributed by atoms with E-state index in [2.05, 4.69) is 15.6 Å². The molecule has 1 aliphatic carbocycles. The van der Waals surface area contributed by atoms with Gasteiger partial charge in [0.05, 0.1) is 5.69 Å². The molecular formula is C21H16F4N4O3. The van der Waals surface area contributed by atoms with Crippen LogP contribution in [0.4, 0.5) is 23.2 Å². The van der Waals surface area contributed by atoms with E-state index in [0.717, 1.165) is 37.8 Å². The van der Waals surface area contributed by atoms with Gasteiger partial charge in [0.25, 0.3) is 11.7 Å². The Morgan fingerprint density at radius 1 is 1.06 bits per heavy atom. The first kappa shape index (κ1) is 20.3. The Morgan fingerprint density at radius 2 is 1.81 bits per heavy atom. The lowest BCUT2D eigenvalue weighted by Crippen LogP contribution is -2.34. The zero-order chi connectivity index (χ0) is 22.5. The number of carbonyl (C=O) groups excluding carboxylic acids is 1. The number of hydrogen-bond acceptors (Lipinski definition) is 5. The number of rotatable bonds is 3. The number of nitrogens with zero attached hydrogens (tertiary/aromatic N) is 3. The smallest absolute Gasteiger partial charge is 0.435 e. The summed E-state index contributed by atoms with van der Waals surface area (Å²) in [5.74, 6) is -1.66. The van der Waals surface area contributed by atoms with E-state index < -0.39 is 35.1 Å². The van der Waals surface area contributed by atoms with Crippen LogP contribution in [-0.2, 0) is 6.18 Å². The minimum absolute atomic E-state index is 0.209. The van der Waals surface area contributed by atoms with Crippen molar-refractivity contribution in [1.29, 1.82) is 0 Å². The number of alkyl halides is 3. The Labute approximate surface area is 178 Å². The van der Waals surface area contributed by atoms with Crippen LogP contribution in [0.5, 0.6) is 11.5 Å². The van der Waals surface area contributed by atoms with Crippen LogP contribution in [-0.4, -0.2) is 26.7 Å². The van der Waals surface area contributed by atoms with E-state index in [1.807, 2.05) is 0 Å². The molecule has 166 valence electrons. The molecule has 1 amide bonds. The number of ether oxygens (including phenoxy) is 2. The van der Waals surface area contributed by atoms with Gasteiger partial charge in [0.2, 0.25) is 0 Å². The van der Waals surface area contributed by atoms with Crippen molar-refractivity contribution in [2.24, 2.45) is 0 Å². The van der Waals surface area contributed by atoms with Crippen LogP contribution in [0, 0.1) is 5.82 Å². The van der Waals surface area contributed by atoms with Gasteiger partial charge in [0.1, 0.15) is 5.82 Å². The lowest BCUT2D eigenvalue weighted by Gasteiger charge is -2.21. The summed E-state index contributed by atoms with van der Waals surface area (Å²) in [4.78, 5) is 12.7. The van der Waals surface area contributed by atoms with E-state index in [4.69, 9.17) is 9.47 Å². The van der Waals surface area contributed by atoms with Crippen molar-refractivity contribution >= 4 is 11.6 Å². The Kier molecular flexibility index (Phi) is 4.57. The highest BCUT2D eigenvalue weighted by atomic mass is 19.4. The molecule has 1 saturated carbocycles. The summed E-state index contributed by atoms with van der Waals surface area (Å²) in [5, 5.41) is 9.25. The van der Waals surface area contributed by atoms with Gasteiger partial charge in [-0.25, -0.2) is 9.07 Å². The second-order valence-corrected chi connectivity index (χ2v) is 7.61. The summed E-state index contributed by atoms with van der Waals surface area (Å²) in [6, 6.07) is 8.98. The van der Waals surface area contributed by atoms with Crippen LogP contribution < -0.4 is 14.8 Å². The summed E-state index contributed by atoms with van der Waals surface area (Å²) in [6.07, 6.45) is -1.55. The lowest BCUT2D eigenvalue weighted by atomic mass is 10.2. The van der Waals surface area contributed by atoms with Crippen molar-refractivity contribution in [2.45, 2.75) is 37.6 Å². The third-order valence-corrected chi connectivity index (χ3v) is 5.37. The van der Waals surface area contributed by atoms with Crippen molar-refractivity contribution in [1.82, 2.24) is 15.0 Å². The predicted molar refractivity (Wildman–Crippen MR) is 103 cm³/mol. The fourth-order valence-electron chi connectivity index (χ4n) is 3.96. The van der Waals surface area contributed by atoms with Gasteiger partial charge in [0.15, 0.2) is 22.9 Å². The number of amides is 1. The normalized spacial score (nSPS) is 16.5. The molecule has 11 heteroatoms. The van der Waals surface area contributed by atoms with E-state index >= 15 is 0 Å². The van der Waals surface area contributed by atoms with E-state index in [1.54, 1.807) is 6.07 Å². The third-order valence-electron chi connectivity index (χ3n) is 5.37. The van der Waals surface area contributed by atoms with Crippen molar-refractivity contribution in [3.63, 3.8) is 0 Å². The maximum atomic E-state index is 13.8. The van der Waals surface area contributed by atoms with Gasteiger partial charge in [-0.15, -0.1) is 5.10 Å². The minimum Gasteiger partial charge on any atom is -0.448 e. The molecule has 2 aromatic carbocycles. The summed E-state index contributed by atoms with van der Waals surface area (Å²) >= 11 is 0. The van der Waals surface area contributed by atoms with E-state index in [9.17, 15) is 22.4 Å². The molecule has 0 saturated heterocycles. The van der Waals surface area contributed by atoms with Gasteiger partial charge in [-0.1, -0.05) is 11.3 Å². The third kappa shape index (κ3) is 3.53. The molecule has 1 N–H and O–H groups in total. The largest absolute Gasteiger partial charge is 0.448 e. The molecule has 2 heterocycles. The summed E-state index contributed by atoms with van der Waals surface area (Å²) in [7, 11) is 0. The zero-order valence-corrected chi connectivity index (χ0v) is 16.4. The number of fused-ring (bicyclic) bond motifs is 1. The number of halogens is 4. The predicted octanol–water partition coefficient (Wildman–Crippen LogP) is 4.72. The first-order valence-electron chi connectivity index (χ1n) is 9.86. The van der Waals surface area contributed by atoms with Gasteiger partial charge in [0, 0.05) is 24.6 Å². The minimum atomic E-state index is -4.97. The Balaban J connectivity index is 1.43. The standard InChI is InChI=1S/C21H16F4N4O3/c22-12-4-3-5-14(10-12)29-18(21(23,24)25)17(27-28-29)19(30)26-13-6-7-15-16(11-13)32-20(31-15)8-1-2-9-20/h3-7,10-11H,1-2,8-9H2,(H,26,30). The van der Waals surface area contributed by atoms with Crippen LogP contribution in [0.25, 0.3) is 5.69 Å². The van der Waals surface area contributed by atoms with Crippen molar-refractivity contribution in [3.8, 4) is 17.2 Å². The SMILES string of the molecule is O=C(Nc1ccc2c(c1)OC1(CCCC1)O2)c1nnn(-c2cccc(F)c2)c1C(F)(F)F. The van der Waals surface area contributed by atoms with E-state index in [1.165, 1.54) is 24.3 Å². The first-order valence-corrected chi connectivity index (χ1v) is 9.86.